The second-order valence-corrected chi connectivity index (χ2v) is 4.28. The van der Waals surface area contributed by atoms with Crippen molar-refractivity contribution in [1.29, 1.82) is 0 Å². The fourth-order valence-corrected chi connectivity index (χ4v) is 1.63. The number of carboxylic acids is 1. The van der Waals surface area contributed by atoms with Gasteiger partial charge in [0.15, 0.2) is 6.10 Å². The Bertz CT molecular complexity index is 461. The van der Waals surface area contributed by atoms with E-state index in [1.807, 2.05) is 0 Å². The van der Waals surface area contributed by atoms with Crippen LogP contribution in [-0.2, 0) is 16.0 Å². The molecule has 19 heavy (non-hydrogen) atoms. The van der Waals surface area contributed by atoms with E-state index in [9.17, 15) is 14.0 Å². The predicted octanol–water partition coefficient (Wildman–Crippen LogP) is 0.973. The van der Waals surface area contributed by atoms with Crippen LogP contribution in [0.2, 0.25) is 5.02 Å². The third-order valence-electron chi connectivity index (χ3n) is 2.42. The van der Waals surface area contributed by atoms with E-state index in [0.717, 1.165) is 0 Å². The lowest BCUT2D eigenvalue weighted by Gasteiger charge is -2.08. The van der Waals surface area contributed by atoms with Crippen LogP contribution in [-0.4, -0.2) is 34.7 Å². The number of hydrogen-bond donors (Lipinski definition) is 3. The van der Waals surface area contributed by atoms with Crippen molar-refractivity contribution in [2.45, 2.75) is 18.9 Å². The summed E-state index contributed by atoms with van der Waals surface area (Å²) >= 11 is 5.76. The molecule has 1 aromatic carbocycles. The van der Waals surface area contributed by atoms with Gasteiger partial charge in [0.25, 0.3) is 0 Å². The maximum absolute atomic E-state index is 13.4. The lowest BCUT2D eigenvalue weighted by atomic mass is 10.1. The summed E-state index contributed by atoms with van der Waals surface area (Å²) in [6, 6.07) is 4.10. The lowest BCUT2D eigenvalue weighted by Crippen LogP contribution is -2.31. The molecule has 0 radical (unpaired) electrons. The quantitative estimate of drug-likeness (QED) is 0.728. The third-order valence-corrected chi connectivity index (χ3v) is 2.78. The summed E-state index contributed by atoms with van der Waals surface area (Å²) in [5.41, 5.74) is 0.0837. The fraction of sp³-hybridized carbons (Fsp3) is 0.333. The summed E-state index contributed by atoms with van der Waals surface area (Å²) < 4.78 is 13.4. The van der Waals surface area contributed by atoms with Gasteiger partial charge in [-0.25, -0.2) is 9.18 Å². The first kappa shape index (κ1) is 15.4. The molecule has 1 rings (SSSR count). The van der Waals surface area contributed by atoms with Crippen molar-refractivity contribution >= 4 is 23.5 Å². The Morgan fingerprint density at radius 2 is 2.11 bits per heavy atom. The van der Waals surface area contributed by atoms with E-state index in [4.69, 9.17) is 21.8 Å². The molecule has 104 valence electrons. The van der Waals surface area contributed by atoms with Crippen molar-refractivity contribution in [3.8, 4) is 0 Å². The highest BCUT2D eigenvalue weighted by Gasteiger charge is 2.14. The average molecular weight is 290 g/mol. The van der Waals surface area contributed by atoms with Crippen LogP contribution in [0, 0.1) is 5.82 Å². The number of carboxylic acid groups (broad SMARTS) is 1. The highest BCUT2D eigenvalue weighted by molar-refractivity contribution is 6.31. The molecule has 1 aromatic rings. The number of hydrogen-bond acceptors (Lipinski definition) is 3. The monoisotopic (exact) mass is 289 g/mol. The summed E-state index contributed by atoms with van der Waals surface area (Å²) in [6.45, 7) is -0.0155. The number of halogens is 2. The molecule has 0 bridgehead atoms. The van der Waals surface area contributed by atoms with Crippen molar-refractivity contribution in [3.05, 3.63) is 34.6 Å². The first-order valence-corrected chi connectivity index (χ1v) is 5.90. The second-order valence-electron chi connectivity index (χ2n) is 3.87. The van der Waals surface area contributed by atoms with Crippen molar-refractivity contribution < 1.29 is 24.2 Å². The van der Waals surface area contributed by atoms with Gasteiger partial charge in [0.1, 0.15) is 5.82 Å². The van der Waals surface area contributed by atoms with Gasteiger partial charge < -0.3 is 15.5 Å². The Hall–Kier alpha value is -1.66. The number of amides is 1. The Balaban J connectivity index is 2.46. The summed E-state index contributed by atoms with van der Waals surface area (Å²) in [7, 11) is 0. The molecular weight excluding hydrogens is 277 g/mol. The molecule has 5 nitrogen and oxygen atoms in total. The SMILES string of the molecule is O=C(Cc1c(F)cccc1Cl)NCC[C@H](O)C(=O)O. The van der Waals surface area contributed by atoms with Crippen LogP contribution < -0.4 is 5.32 Å². The van der Waals surface area contributed by atoms with Crippen LogP contribution in [0.4, 0.5) is 4.39 Å². The summed E-state index contributed by atoms with van der Waals surface area (Å²) in [4.78, 5) is 21.8. The normalized spacial score (nSPS) is 11.9. The predicted molar refractivity (Wildman–Crippen MR) is 66.4 cm³/mol. The van der Waals surface area contributed by atoms with Crippen LogP contribution in [0.3, 0.4) is 0 Å². The second kappa shape index (κ2) is 7.06. The molecule has 0 aromatic heterocycles. The minimum absolute atomic E-state index is 0.0155. The molecule has 0 spiro atoms. The maximum Gasteiger partial charge on any atom is 0.332 e. The molecule has 0 saturated heterocycles. The molecule has 0 fully saturated rings. The van der Waals surface area contributed by atoms with E-state index in [0.29, 0.717) is 0 Å². The van der Waals surface area contributed by atoms with E-state index in [2.05, 4.69) is 5.32 Å². The minimum Gasteiger partial charge on any atom is -0.479 e. The number of benzene rings is 1. The lowest BCUT2D eigenvalue weighted by molar-refractivity contribution is -0.147. The number of nitrogens with one attached hydrogen (secondary N) is 1. The van der Waals surface area contributed by atoms with E-state index in [1.165, 1.54) is 18.2 Å². The first-order chi connectivity index (χ1) is 8.91. The van der Waals surface area contributed by atoms with Crippen molar-refractivity contribution in [3.63, 3.8) is 0 Å². The Morgan fingerprint density at radius 1 is 1.42 bits per heavy atom. The molecule has 0 saturated carbocycles. The summed E-state index contributed by atoms with van der Waals surface area (Å²) in [5, 5.41) is 19.9. The number of carbonyl (C=O) groups excluding carboxylic acids is 1. The van der Waals surface area contributed by atoms with Crippen LogP contribution in [0.5, 0.6) is 0 Å². The zero-order valence-corrected chi connectivity index (χ0v) is 10.7. The smallest absolute Gasteiger partial charge is 0.332 e. The zero-order chi connectivity index (χ0) is 14.4. The van der Waals surface area contributed by atoms with E-state index >= 15 is 0 Å². The van der Waals surface area contributed by atoms with Crippen LogP contribution in [0.25, 0.3) is 0 Å². The highest BCUT2D eigenvalue weighted by atomic mass is 35.5. The fourth-order valence-electron chi connectivity index (χ4n) is 1.40. The third kappa shape index (κ3) is 4.84. The topological polar surface area (TPSA) is 86.6 Å². The number of aliphatic hydroxyl groups is 1. The molecule has 3 N–H and O–H groups in total. The molecule has 0 aliphatic rings. The largest absolute Gasteiger partial charge is 0.479 e. The Kier molecular flexibility index (Phi) is 5.72. The van der Waals surface area contributed by atoms with Gasteiger partial charge in [-0.15, -0.1) is 0 Å². The standard InChI is InChI=1S/C12H13ClFNO4/c13-8-2-1-3-9(14)7(8)6-11(17)15-5-4-10(16)12(18)19/h1-3,10,16H,4-6H2,(H,15,17)(H,18,19)/t10-/m0/s1. The average Bonchev–Trinajstić information content (AvgIpc) is 2.33. The summed E-state index contributed by atoms with van der Waals surface area (Å²) in [5.74, 6) is -2.43. The molecule has 1 atom stereocenters. The Labute approximate surface area is 114 Å². The highest BCUT2D eigenvalue weighted by Crippen LogP contribution is 2.19. The molecule has 1 amide bonds. The summed E-state index contributed by atoms with van der Waals surface area (Å²) in [6.07, 6.45) is -1.89. The number of aliphatic carboxylic acids is 1. The molecule has 0 aliphatic heterocycles. The van der Waals surface area contributed by atoms with E-state index in [1.54, 1.807) is 0 Å². The molecule has 0 heterocycles. The first-order valence-electron chi connectivity index (χ1n) is 5.52. The zero-order valence-electron chi connectivity index (χ0n) is 9.90. The molecule has 0 unspecified atom stereocenters. The van der Waals surface area contributed by atoms with Crippen molar-refractivity contribution in [1.82, 2.24) is 5.32 Å². The molecule has 7 heteroatoms. The van der Waals surface area contributed by atoms with Gasteiger partial charge in [0.2, 0.25) is 5.91 Å². The van der Waals surface area contributed by atoms with E-state index in [-0.39, 0.29) is 30.0 Å². The van der Waals surface area contributed by atoms with Gasteiger partial charge in [0, 0.05) is 23.6 Å². The number of rotatable bonds is 6. The van der Waals surface area contributed by atoms with Crippen LogP contribution in [0.15, 0.2) is 18.2 Å². The Morgan fingerprint density at radius 3 is 2.68 bits per heavy atom. The van der Waals surface area contributed by atoms with Gasteiger partial charge in [-0.2, -0.15) is 0 Å². The number of carbonyl (C=O) groups is 2. The molecular formula is C12H13ClFNO4. The van der Waals surface area contributed by atoms with E-state index < -0.39 is 23.8 Å². The van der Waals surface area contributed by atoms with Crippen molar-refractivity contribution in [2.24, 2.45) is 0 Å². The van der Waals surface area contributed by atoms with Crippen LogP contribution in [0.1, 0.15) is 12.0 Å². The van der Waals surface area contributed by atoms with Gasteiger partial charge in [0.05, 0.1) is 6.42 Å². The van der Waals surface area contributed by atoms with Crippen molar-refractivity contribution in [2.75, 3.05) is 6.54 Å². The maximum atomic E-state index is 13.4. The van der Waals surface area contributed by atoms with Crippen LogP contribution >= 0.6 is 11.6 Å². The minimum atomic E-state index is -1.53. The van der Waals surface area contributed by atoms with Gasteiger partial charge in [-0.1, -0.05) is 17.7 Å². The van der Waals surface area contributed by atoms with Gasteiger partial charge in [-0.05, 0) is 12.1 Å². The van der Waals surface area contributed by atoms with Gasteiger partial charge in [-0.3, -0.25) is 4.79 Å². The molecule has 0 aliphatic carbocycles. The number of aliphatic hydroxyl groups excluding tert-OH is 1. The van der Waals surface area contributed by atoms with Gasteiger partial charge >= 0.3 is 5.97 Å².